The van der Waals surface area contributed by atoms with E-state index < -0.39 is 0 Å². The van der Waals surface area contributed by atoms with Crippen LogP contribution in [0, 0.1) is 0 Å². The fraction of sp³-hybridized carbons (Fsp3) is 0.348. The number of aryl methyl sites for hydroxylation is 1. The van der Waals surface area contributed by atoms with Crippen molar-refractivity contribution >= 4 is 23.2 Å². The van der Waals surface area contributed by atoms with Crippen molar-refractivity contribution in [3.8, 4) is 0 Å². The first kappa shape index (κ1) is 17.5. The SMILES string of the molecule is CCc1ccc(N=Cc2ccc3c(c2)C(C)=CC(C)(C)N3CC)cc1. The van der Waals surface area contributed by atoms with Crippen LogP contribution >= 0.6 is 0 Å². The molecule has 0 aliphatic carbocycles. The van der Waals surface area contributed by atoms with Gasteiger partial charge in [0.1, 0.15) is 0 Å². The normalized spacial score (nSPS) is 16.0. The van der Waals surface area contributed by atoms with Crippen molar-refractivity contribution in [2.45, 2.75) is 46.6 Å². The van der Waals surface area contributed by atoms with Crippen LogP contribution in [0.5, 0.6) is 0 Å². The van der Waals surface area contributed by atoms with Crippen LogP contribution in [0.2, 0.25) is 0 Å². The number of aliphatic imine (C=N–C) groups is 1. The average Bonchev–Trinajstić information content (AvgIpc) is 2.60. The molecule has 2 aromatic carbocycles. The number of benzene rings is 2. The lowest BCUT2D eigenvalue weighted by atomic mass is 9.88. The van der Waals surface area contributed by atoms with Crippen LogP contribution in [0.25, 0.3) is 5.57 Å². The Bertz CT molecular complexity index is 810. The van der Waals surface area contributed by atoms with Crippen LogP contribution in [0.4, 0.5) is 11.4 Å². The van der Waals surface area contributed by atoms with E-state index in [9.17, 15) is 0 Å². The Balaban J connectivity index is 1.90. The van der Waals surface area contributed by atoms with Crippen LogP contribution in [-0.2, 0) is 6.42 Å². The van der Waals surface area contributed by atoms with Gasteiger partial charge in [0, 0.05) is 24.0 Å². The van der Waals surface area contributed by atoms with E-state index in [0.29, 0.717) is 0 Å². The van der Waals surface area contributed by atoms with E-state index in [1.54, 1.807) is 0 Å². The van der Waals surface area contributed by atoms with E-state index in [-0.39, 0.29) is 5.54 Å². The monoisotopic (exact) mass is 332 g/mol. The van der Waals surface area contributed by atoms with Gasteiger partial charge in [-0.1, -0.05) is 31.2 Å². The number of allylic oxidation sites excluding steroid dienone is 1. The number of hydrogen-bond acceptors (Lipinski definition) is 2. The molecule has 0 atom stereocenters. The quantitative estimate of drug-likeness (QED) is 0.625. The Morgan fingerprint density at radius 1 is 1.04 bits per heavy atom. The molecule has 2 aromatic rings. The molecular formula is C23H28N2. The van der Waals surface area contributed by atoms with E-state index in [4.69, 9.17) is 0 Å². The summed E-state index contributed by atoms with van der Waals surface area (Å²) in [4.78, 5) is 7.09. The van der Waals surface area contributed by atoms with Crippen molar-refractivity contribution in [1.82, 2.24) is 0 Å². The largest absolute Gasteiger partial charge is 0.363 e. The maximum Gasteiger partial charge on any atom is 0.0630 e. The molecule has 2 heteroatoms. The highest BCUT2D eigenvalue weighted by atomic mass is 15.2. The molecule has 0 amide bonds. The first-order chi connectivity index (χ1) is 11.9. The highest BCUT2D eigenvalue weighted by Crippen LogP contribution is 2.38. The summed E-state index contributed by atoms with van der Waals surface area (Å²) in [6, 6.07) is 15.1. The average molecular weight is 332 g/mol. The number of anilines is 1. The minimum atomic E-state index is 0.0580. The predicted molar refractivity (Wildman–Crippen MR) is 110 cm³/mol. The number of nitrogens with zero attached hydrogens (tertiary/aromatic N) is 2. The summed E-state index contributed by atoms with van der Waals surface area (Å²) in [6.45, 7) is 12.1. The van der Waals surface area contributed by atoms with Crippen molar-refractivity contribution in [1.29, 1.82) is 0 Å². The molecule has 0 saturated heterocycles. The highest BCUT2D eigenvalue weighted by Gasteiger charge is 2.29. The van der Waals surface area contributed by atoms with Gasteiger partial charge in [-0.25, -0.2) is 0 Å². The minimum absolute atomic E-state index is 0.0580. The summed E-state index contributed by atoms with van der Waals surface area (Å²) in [5.41, 5.74) is 7.51. The van der Waals surface area contributed by atoms with Crippen molar-refractivity contribution in [3.05, 3.63) is 65.2 Å². The third-order valence-electron chi connectivity index (χ3n) is 5.03. The smallest absolute Gasteiger partial charge is 0.0630 e. The molecule has 3 rings (SSSR count). The molecule has 0 bridgehead atoms. The number of rotatable bonds is 4. The van der Waals surface area contributed by atoms with E-state index >= 15 is 0 Å². The van der Waals surface area contributed by atoms with Crippen LogP contribution in [0.1, 0.15) is 51.3 Å². The summed E-state index contributed by atoms with van der Waals surface area (Å²) >= 11 is 0. The zero-order valence-electron chi connectivity index (χ0n) is 16.0. The molecule has 1 aliphatic heterocycles. The molecule has 25 heavy (non-hydrogen) atoms. The first-order valence-electron chi connectivity index (χ1n) is 9.19. The van der Waals surface area contributed by atoms with Crippen LogP contribution in [0.15, 0.2) is 53.5 Å². The standard InChI is InChI=1S/C23H28N2/c1-6-18-8-11-20(12-9-18)24-16-19-10-13-22-21(14-19)17(3)15-23(4,5)25(22)7-2/h8-16H,6-7H2,1-5H3. The third kappa shape index (κ3) is 3.53. The molecule has 2 nitrogen and oxygen atoms in total. The fourth-order valence-electron chi connectivity index (χ4n) is 3.73. The lowest BCUT2D eigenvalue weighted by molar-refractivity contribution is 0.566. The van der Waals surface area contributed by atoms with Gasteiger partial charge in [-0.3, -0.25) is 4.99 Å². The third-order valence-corrected chi connectivity index (χ3v) is 5.03. The zero-order valence-corrected chi connectivity index (χ0v) is 16.0. The van der Waals surface area contributed by atoms with Gasteiger partial charge in [-0.05, 0) is 75.1 Å². The highest BCUT2D eigenvalue weighted by molar-refractivity contribution is 5.88. The summed E-state index contributed by atoms with van der Waals surface area (Å²) in [6.07, 6.45) is 5.39. The second kappa shape index (κ2) is 6.87. The Hall–Kier alpha value is -2.35. The second-order valence-corrected chi connectivity index (χ2v) is 7.28. The molecule has 0 radical (unpaired) electrons. The fourth-order valence-corrected chi connectivity index (χ4v) is 3.73. The van der Waals surface area contributed by atoms with Crippen molar-refractivity contribution < 1.29 is 0 Å². The van der Waals surface area contributed by atoms with Crippen LogP contribution in [0.3, 0.4) is 0 Å². The van der Waals surface area contributed by atoms with Gasteiger partial charge >= 0.3 is 0 Å². The number of likely N-dealkylation sites (N-methyl/N-ethyl adjacent to an activating group) is 1. The number of hydrogen-bond donors (Lipinski definition) is 0. The summed E-state index contributed by atoms with van der Waals surface area (Å²) in [5, 5.41) is 0. The van der Waals surface area contributed by atoms with Gasteiger partial charge in [-0.2, -0.15) is 0 Å². The lowest BCUT2D eigenvalue weighted by Gasteiger charge is -2.42. The van der Waals surface area contributed by atoms with Crippen molar-refractivity contribution in [3.63, 3.8) is 0 Å². The van der Waals surface area contributed by atoms with E-state index in [0.717, 1.165) is 24.2 Å². The minimum Gasteiger partial charge on any atom is -0.363 e. The zero-order chi connectivity index (χ0) is 18.0. The molecule has 130 valence electrons. The predicted octanol–water partition coefficient (Wildman–Crippen LogP) is 6.02. The van der Waals surface area contributed by atoms with Crippen molar-refractivity contribution in [2.24, 2.45) is 4.99 Å². The van der Waals surface area contributed by atoms with Crippen molar-refractivity contribution in [2.75, 3.05) is 11.4 Å². The molecule has 0 saturated carbocycles. The lowest BCUT2D eigenvalue weighted by Crippen LogP contribution is -2.44. The maximum atomic E-state index is 4.64. The summed E-state index contributed by atoms with van der Waals surface area (Å²) in [7, 11) is 0. The molecule has 0 unspecified atom stereocenters. The summed E-state index contributed by atoms with van der Waals surface area (Å²) < 4.78 is 0. The molecular weight excluding hydrogens is 304 g/mol. The molecule has 0 N–H and O–H groups in total. The maximum absolute atomic E-state index is 4.64. The Kier molecular flexibility index (Phi) is 4.80. The Labute approximate surface area is 151 Å². The molecule has 0 fully saturated rings. The Morgan fingerprint density at radius 2 is 1.76 bits per heavy atom. The first-order valence-corrected chi connectivity index (χ1v) is 9.19. The van der Waals surface area contributed by atoms with Gasteiger partial charge in [0.2, 0.25) is 0 Å². The molecule has 1 aliphatic rings. The van der Waals surface area contributed by atoms with E-state index in [1.165, 1.54) is 22.4 Å². The van der Waals surface area contributed by atoms with Gasteiger partial charge in [0.25, 0.3) is 0 Å². The van der Waals surface area contributed by atoms with E-state index in [2.05, 4.69) is 93.1 Å². The Morgan fingerprint density at radius 3 is 2.40 bits per heavy atom. The van der Waals surface area contributed by atoms with Gasteiger partial charge in [-0.15, -0.1) is 0 Å². The molecule has 0 spiro atoms. The van der Waals surface area contributed by atoms with Gasteiger partial charge in [0.05, 0.1) is 11.2 Å². The molecule has 0 aromatic heterocycles. The van der Waals surface area contributed by atoms with Gasteiger partial charge in [0.15, 0.2) is 0 Å². The second-order valence-electron chi connectivity index (χ2n) is 7.28. The van der Waals surface area contributed by atoms with Crippen LogP contribution in [-0.4, -0.2) is 18.3 Å². The molecule has 1 heterocycles. The topological polar surface area (TPSA) is 15.6 Å². The van der Waals surface area contributed by atoms with Gasteiger partial charge < -0.3 is 4.90 Å². The van der Waals surface area contributed by atoms with Crippen LogP contribution < -0.4 is 4.90 Å². The number of fused-ring (bicyclic) bond motifs is 1. The van der Waals surface area contributed by atoms with E-state index in [1.807, 2.05) is 6.21 Å². The summed E-state index contributed by atoms with van der Waals surface area (Å²) in [5.74, 6) is 0.